The molecule has 0 saturated carbocycles. The van der Waals surface area contributed by atoms with E-state index in [9.17, 15) is 4.79 Å². The normalized spacial score (nSPS) is 12.9. The topological polar surface area (TPSA) is 26.3 Å². The number of ether oxygens (including phenoxy) is 1. The van der Waals surface area contributed by atoms with E-state index in [-0.39, 0.29) is 11.7 Å². The Bertz CT molecular complexity index is 341. The Labute approximate surface area is 96.9 Å². The molecule has 16 heavy (non-hydrogen) atoms. The molecule has 0 aliphatic rings. The van der Waals surface area contributed by atoms with Gasteiger partial charge in [-0.05, 0) is 24.5 Å². The molecular weight excluding hydrogens is 200 g/mol. The second-order valence-electron chi connectivity index (χ2n) is 3.95. The summed E-state index contributed by atoms with van der Waals surface area (Å²) in [7, 11) is 0. The van der Waals surface area contributed by atoms with E-state index < -0.39 is 0 Å². The largest absolute Gasteiger partial charge is 0.376 e. The number of carbonyl (C=O) groups excluding carboxylic acids is 1. The van der Waals surface area contributed by atoms with Crippen LogP contribution in [0.5, 0.6) is 0 Å². The van der Waals surface area contributed by atoms with E-state index in [0.29, 0.717) is 13.2 Å². The zero-order valence-corrected chi connectivity index (χ0v) is 9.85. The van der Waals surface area contributed by atoms with E-state index in [0.717, 1.165) is 0 Å². The first-order valence-electron chi connectivity index (χ1n) is 5.49. The van der Waals surface area contributed by atoms with Gasteiger partial charge in [-0.1, -0.05) is 43.3 Å². The molecule has 0 aliphatic heterocycles. The van der Waals surface area contributed by atoms with E-state index in [1.165, 1.54) is 5.56 Å². The average molecular weight is 218 g/mol. The molecule has 0 spiro atoms. The maximum absolute atomic E-state index is 10.7. The lowest BCUT2D eigenvalue weighted by molar-refractivity contribution is -0.112. The van der Waals surface area contributed by atoms with Crippen molar-refractivity contribution in [2.75, 3.05) is 6.61 Å². The maximum atomic E-state index is 10.7. The van der Waals surface area contributed by atoms with Crippen molar-refractivity contribution in [3.8, 4) is 0 Å². The summed E-state index contributed by atoms with van der Waals surface area (Å²) in [6.07, 6.45) is 3.48. The minimum atomic E-state index is 0.0786. The van der Waals surface area contributed by atoms with Crippen LogP contribution in [0.1, 0.15) is 19.4 Å². The molecule has 0 aromatic heterocycles. The summed E-state index contributed by atoms with van der Waals surface area (Å²) in [4.78, 5) is 10.7. The maximum Gasteiger partial charge on any atom is 0.152 e. The van der Waals surface area contributed by atoms with Crippen molar-refractivity contribution in [2.24, 2.45) is 5.92 Å². The van der Waals surface area contributed by atoms with Gasteiger partial charge in [-0.2, -0.15) is 0 Å². The predicted octanol–water partition coefficient (Wildman–Crippen LogP) is 2.98. The number of ketones is 1. The molecule has 0 saturated heterocycles. The highest BCUT2D eigenvalue weighted by Crippen LogP contribution is 2.04. The Morgan fingerprint density at radius 1 is 1.38 bits per heavy atom. The predicted molar refractivity (Wildman–Crippen MR) is 65.1 cm³/mol. The standard InChI is InChI=1S/C14H18O2/c1-12(8-9-13(2)15)10-16-11-14-6-4-3-5-7-14/h3-9,12H,10-11H2,1-2H3/b9-8+/t12-/m0/s1. The number of benzene rings is 1. The Morgan fingerprint density at radius 3 is 2.69 bits per heavy atom. The first kappa shape index (κ1) is 12.7. The van der Waals surface area contributed by atoms with Gasteiger partial charge in [0.1, 0.15) is 0 Å². The van der Waals surface area contributed by atoms with Gasteiger partial charge in [0.05, 0.1) is 13.2 Å². The third kappa shape index (κ3) is 5.47. The number of rotatable bonds is 6. The molecule has 2 nitrogen and oxygen atoms in total. The summed E-state index contributed by atoms with van der Waals surface area (Å²) in [6, 6.07) is 10.1. The zero-order chi connectivity index (χ0) is 11.8. The molecule has 0 unspecified atom stereocenters. The van der Waals surface area contributed by atoms with Crippen LogP contribution >= 0.6 is 0 Å². The molecule has 86 valence electrons. The van der Waals surface area contributed by atoms with Gasteiger partial charge < -0.3 is 4.74 Å². The van der Waals surface area contributed by atoms with Crippen LogP contribution in [0.3, 0.4) is 0 Å². The summed E-state index contributed by atoms with van der Waals surface area (Å²) in [5.41, 5.74) is 1.17. The Hall–Kier alpha value is -1.41. The van der Waals surface area contributed by atoms with Gasteiger partial charge in [-0.3, -0.25) is 4.79 Å². The van der Waals surface area contributed by atoms with E-state index in [4.69, 9.17) is 4.74 Å². The van der Waals surface area contributed by atoms with Gasteiger partial charge in [-0.25, -0.2) is 0 Å². The van der Waals surface area contributed by atoms with Crippen molar-refractivity contribution < 1.29 is 9.53 Å². The quantitative estimate of drug-likeness (QED) is 0.686. The number of hydrogen-bond donors (Lipinski definition) is 0. The first-order valence-corrected chi connectivity index (χ1v) is 5.49. The zero-order valence-electron chi connectivity index (χ0n) is 9.85. The van der Waals surface area contributed by atoms with Crippen LogP contribution in [0, 0.1) is 5.92 Å². The lowest BCUT2D eigenvalue weighted by atomic mass is 10.1. The van der Waals surface area contributed by atoms with Gasteiger partial charge >= 0.3 is 0 Å². The lowest BCUT2D eigenvalue weighted by Crippen LogP contribution is -2.03. The van der Waals surface area contributed by atoms with Crippen molar-refractivity contribution in [1.82, 2.24) is 0 Å². The molecule has 2 heteroatoms. The Kier molecular flexibility index (Phi) is 5.51. The molecule has 0 N–H and O–H groups in total. The second kappa shape index (κ2) is 6.96. The van der Waals surface area contributed by atoms with Crippen LogP contribution in [-0.4, -0.2) is 12.4 Å². The van der Waals surface area contributed by atoms with Crippen molar-refractivity contribution in [3.05, 3.63) is 48.0 Å². The molecule has 0 amide bonds. The third-order valence-electron chi connectivity index (χ3n) is 2.15. The number of allylic oxidation sites excluding steroid dienone is 1. The summed E-state index contributed by atoms with van der Waals surface area (Å²) < 4.78 is 5.55. The number of carbonyl (C=O) groups is 1. The molecular formula is C14H18O2. The van der Waals surface area contributed by atoms with Crippen LogP contribution in [0.2, 0.25) is 0 Å². The molecule has 0 aliphatic carbocycles. The lowest BCUT2D eigenvalue weighted by Gasteiger charge is -2.07. The summed E-state index contributed by atoms with van der Waals surface area (Å²) in [6.45, 7) is 4.84. The minimum absolute atomic E-state index is 0.0786. The molecule has 0 fully saturated rings. The van der Waals surface area contributed by atoms with Crippen molar-refractivity contribution in [2.45, 2.75) is 20.5 Å². The minimum Gasteiger partial charge on any atom is -0.376 e. The van der Waals surface area contributed by atoms with E-state index in [1.54, 1.807) is 13.0 Å². The Balaban J connectivity index is 2.23. The monoisotopic (exact) mass is 218 g/mol. The van der Waals surface area contributed by atoms with Gasteiger partial charge in [0.25, 0.3) is 0 Å². The summed E-state index contributed by atoms with van der Waals surface area (Å²) >= 11 is 0. The smallest absolute Gasteiger partial charge is 0.152 e. The van der Waals surface area contributed by atoms with Crippen molar-refractivity contribution in [1.29, 1.82) is 0 Å². The molecule has 1 atom stereocenters. The fraction of sp³-hybridized carbons (Fsp3) is 0.357. The summed E-state index contributed by atoms with van der Waals surface area (Å²) in [5.74, 6) is 0.350. The fourth-order valence-corrected chi connectivity index (χ4v) is 1.29. The van der Waals surface area contributed by atoms with Gasteiger partial charge in [0.2, 0.25) is 0 Å². The van der Waals surface area contributed by atoms with Gasteiger partial charge in [0, 0.05) is 0 Å². The van der Waals surface area contributed by atoms with Gasteiger partial charge in [-0.15, -0.1) is 0 Å². The third-order valence-corrected chi connectivity index (χ3v) is 2.15. The SMILES string of the molecule is CC(=O)/C=C/[C@H](C)COCc1ccccc1. The van der Waals surface area contributed by atoms with Crippen LogP contribution < -0.4 is 0 Å². The Morgan fingerprint density at radius 2 is 2.06 bits per heavy atom. The van der Waals surface area contributed by atoms with Gasteiger partial charge in [0.15, 0.2) is 5.78 Å². The number of hydrogen-bond acceptors (Lipinski definition) is 2. The average Bonchev–Trinajstić information content (AvgIpc) is 2.28. The highest BCUT2D eigenvalue weighted by atomic mass is 16.5. The molecule has 0 radical (unpaired) electrons. The summed E-state index contributed by atoms with van der Waals surface area (Å²) in [5, 5.41) is 0. The van der Waals surface area contributed by atoms with Crippen LogP contribution in [-0.2, 0) is 16.1 Å². The highest BCUT2D eigenvalue weighted by Gasteiger charge is 1.98. The van der Waals surface area contributed by atoms with Crippen LogP contribution in [0.4, 0.5) is 0 Å². The van der Waals surface area contributed by atoms with E-state index in [1.807, 2.05) is 43.3 Å². The van der Waals surface area contributed by atoms with E-state index >= 15 is 0 Å². The van der Waals surface area contributed by atoms with Crippen LogP contribution in [0.15, 0.2) is 42.5 Å². The van der Waals surface area contributed by atoms with E-state index in [2.05, 4.69) is 0 Å². The van der Waals surface area contributed by atoms with Crippen molar-refractivity contribution >= 4 is 5.78 Å². The van der Waals surface area contributed by atoms with Crippen molar-refractivity contribution in [3.63, 3.8) is 0 Å². The molecule has 0 bridgehead atoms. The molecule has 0 heterocycles. The molecule has 1 rings (SSSR count). The fourth-order valence-electron chi connectivity index (χ4n) is 1.29. The molecule has 1 aromatic rings. The van der Waals surface area contributed by atoms with Crippen LogP contribution in [0.25, 0.3) is 0 Å². The second-order valence-corrected chi connectivity index (χ2v) is 3.95. The first-order chi connectivity index (χ1) is 7.68. The highest BCUT2D eigenvalue weighted by molar-refractivity contribution is 5.87. The molecule has 1 aromatic carbocycles.